The molecule has 1 aromatic rings. The second-order valence-corrected chi connectivity index (χ2v) is 5.98. The molecule has 19 heavy (non-hydrogen) atoms. The Kier molecular flexibility index (Phi) is 7.71. The van der Waals surface area contributed by atoms with Crippen molar-refractivity contribution < 1.29 is 30.5 Å². The summed E-state index contributed by atoms with van der Waals surface area (Å²) in [6, 6.07) is 5.63. The molecule has 1 aromatic heterocycles. The number of pyridine rings is 1. The van der Waals surface area contributed by atoms with Crippen molar-refractivity contribution in [1.82, 2.24) is 4.98 Å². The van der Waals surface area contributed by atoms with Crippen LogP contribution < -0.4 is 0 Å². The van der Waals surface area contributed by atoms with E-state index in [1.807, 2.05) is 18.2 Å². The van der Waals surface area contributed by atoms with Crippen molar-refractivity contribution in [2.45, 2.75) is 19.3 Å². The predicted octanol–water partition coefficient (Wildman–Crippen LogP) is 0.639. The van der Waals surface area contributed by atoms with E-state index in [0.717, 1.165) is 18.5 Å². The van der Waals surface area contributed by atoms with E-state index in [0.29, 0.717) is 6.42 Å². The monoisotopic (exact) mass is 313 g/mol. The Morgan fingerprint density at radius 2 is 1.58 bits per heavy atom. The van der Waals surface area contributed by atoms with Crippen LogP contribution in [0.25, 0.3) is 0 Å². The first-order valence-electron chi connectivity index (χ1n) is 5.13. The third-order valence-electron chi connectivity index (χ3n) is 1.81. The fourth-order valence-electron chi connectivity index (χ4n) is 1.14. The van der Waals surface area contributed by atoms with Crippen LogP contribution in [0, 0.1) is 0 Å². The van der Waals surface area contributed by atoms with E-state index < -0.39 is 20.5 Å². The molecular formula is C9H15NO7S2. The van der Waals surface area contributed by atoms with Crippen molar-refractivity contribution in [3.8, 4) is 0 Å². The van der Waals surface area contributed by atoms with Crippen LogP contribution in [0.2, 0.25) is 0 Å². The highest BCUT2D eigenvalue weighted by Crippen LogP contribution is 2.02. The fourth-order valence-corrected chi connectivity index (χ4v) is 1.71. The van der Waals surface area contributed by atoms with Gasteiger partial charge in [0.25, 0.3) is 10.1 Å². The van der Waals surface area contributed by atoms with Gasteiger partial charge in [0.05, 0.1) is 5.75 Å². The first-order valence-corrected chi connectivity index (χ1v) is 8.13. The van der Waals surface area contributed by atoms with Crippen LogP contribution in [0.15, 0.2) is 24.4 Å². The van der Waals surface area contributed by atoms with Crippen LogP contribution in [0.3, 0.4) is 0 Å². The average Bonchev–Trinajstić information content (AvgIpc) is 2.22. The molecule has 0 amide bonds. The molecule has 0 bridgehead atoms. The summed E-state index contributed by atoms with van der Waals surface area (Å²) in [7, 11) is -8.47. The Bertz CT molecular complexity index is 545. The summed E-state index contributed by atoms with van der Waals surface area (Å²) in [6.07, 6.45) is 3.64. The maximum atomic E-state index is 10.4. The maximum Gasteiger partial charge on any atom is 0.394 e. The van der Waals surface area contributed by atoms with Gasteiger partial charge in [-0.05, 0) is 31.4 Å². The number of aryl methyl sites for hydroxylation is 1. The van der Waals surface area contributed by atoms with Gasteiger partial charge >= 0.3 is 10.4 Å². The van der Waals surface area contributed by atoms with Gasteiger partial charge in [-0.3, -0.25) is 18.6 Å². The molecule has 1 rings (SSSR count). The smallest absolute Gasteiger partial charge is 0.286 e. The molecular weight excluding hydrogens is 298 g/mol. The van der Waals surface area contributed by atoms with Crippen LogP contribution in [-0.2, 0) is 26.9 Å². The van der Waals surface area contributed by atoms with Crippen LogP contribution in [0.4, 0.5) is 0 Å². The van der Waals surface area contributed by atoms with Gasteiger partial charge in [0.1, 0.15) is 0 Å². The normalized spacial score (nSPS) is 11.5. The maximum absolute atomic E-state index is 10.4. The minimum Gasteiger partial charge on any atom is -0.286 e. The predicted molar refractivity (Wildman–Crippen MR) is 67.8 cm³/mol. The molecule has 110 valence electrons. The topological polar surface area (TPSA) is 142 Å². The minimum absolute atomic E-state index is 0.167. The molecule has 0 spiro atoms. The third-order valence-corrected chi connectivity index (χ3v) is 2.62. The van der Waals surface area contributed by atoms with Gasteiger partial charge in [0, 0.05) is 11.9 Å². The summed E-state index contributed by atoms with van der Waals surface area (Å²) in [6.45, 7) is 0. The van der Waals surface area contributed by atoms with Gasteiger partial charge in [-0.2, -0.15) is 16.8 Å². The lowest BCUT2D eigenvalue weighted by Gasteiger charge is -1.99. The molecule has 0 aromatic carbocycles. The molecule has 0 aliphatic rings. The van der Waals surface area contributed by atoms with E-state index in [1.54, 1.807) is 6.20 Å². The van der Waals surface area contributed by atoms with Crippen molar-refractivity contribution in [3.63, 3.8) is 0 Å². The molecule has 0 atom stereocenters. The fraction of sp³-hybridized carbons (Fsp3) is 0.444. The lowest BCUT2D eigenvalue weighted by Crippen LogP contribution is -2.04. The summed E-state index contributed by atoms with van der Waals surface area (Å²) in [5.41, 5.74) is 0.947. The summed E-state index contributed by atoms with van der Waals surface area (Å²) in [5, 5.41) is 0. The second kappa shape index (κ2) is 8.17. The zero-order valence-corrected chi connectivity index (χ0v) is 11.5. The molecule has 0 unspecified atom stereocenters. The van der Waals surface area contributed by atoms with E-state index in [2.05, 4.69) is 4.98 Å². The zero-order chi connectivity index (χ0) is 14.9. The van der Waals surface area contributed by atoms with Crippen molar-refractivity contribution in [2.75, 3.05) is 5.75 Å². The average molecular weight is 313 g/mol. The van der Waals surface area contributed by atoms with E-state index >= 15 is 0 Å². The summed E-state index contributed by atoms with van der Waals surface area (Å²) >= 11 is 0. The van der Waals surface area contributed by atoms with Gasteiger partial charge < -0.3 is 0 Å². The highest BCUT2D eigenvalue weighted by molar-refractivity contribution is 7.85. The number of aromatic nitrogens is 1. The molecule has 0 saturated carbocycles. The molecule has 10 heteroatoms. The van der Waals surface area contributed by atoms with Crippen LogP contribution in [0.1, 0.15) is 18.5 Å². The highest BCUT2D eigenvalue weighted by Gasteiger charge is 2.03. The highest BCUT2D eigenvalue weighted by atomic mass is 32.3. The van der Waals surface area contributed by atoms with Gasteiger partial charge in [-0.25, -0.2) is 0 Å². The lowest BCUT2D eigenvalue weighted by atomic mass is 10.2. The van der Waals surface area contributed by atoms with E-state index in [4.69, 9.17) is 22.1 Å². The Morgan fingerprint density at radius 3 is 2.00 bits per heavy atom. The first kappa shape index (κ1) is 17.9. The summed E-state index contributed by atoms with van der Waals surface area (Å²) in [5.74, 6) is -0.167. The van der Waals surface area contributed by atoms with E-state index in [9.17, 15) is 8.42 Å². The quantitative estimate of drug-likeness (QED) is 0.531. The Balaban J connectivity index is 0.000000555. The third kappa shape index (κ3) is 16.9. The standard InChI is InChI=1S/C9H13NO3S.H2O4S/c11-14(12,13)8-4-2-6-9-5-1-3-7-10-9;1-5(2,3)4/h1,3,5,7H,2,4,6,8H2,(H,11,12,13);(H2,1,2,3,4). The van der Waals surface area contributed by atoms with Crippen molar-refractivity contribution in [3.05, 3.63) is 30.1 Å². The van der Waals surface area contributed by atoms with Crippen molar-refractivity contribution in [2.24, 2.45) is 0 Å². The number of unbranched alkanes of at least 4 members (excludes halogenated alkanes) is 1. The number of rotatable bonds is 5. The molecule has 3 N–H and O–H groups in total. The molecule has 1 heterocycles. The Hall–Kier alpha value is -1.07. The first-order chi connectivity index (χ1) is 8.58. The molecule has 0 fully saturated rings. The lowest BCUT2D eigenvalue weighted by molar-refractivity contribution is 0.381. The molecule has 8 nitrogen and oxygen atoms in total. The van der Waals surface area contributed by atoms with E-state index in [1.165, 1.54) is 0 Å². The van der Waals surface area contributed by atoms with Crippen molar-refractivity contribution >= 4 is 20.5 Å². The summed E-state index contributed by atoms with van der Waals surface area (Å²) in [4.78, 5) is 4.10. The van der Waals surface area contributed by atoms with Gasteiger partial charge in [-0.15, -0.1) is 0 Å². The molecule has 0 radical (unpaired) electrons. The molecule has 0 saturated heterocycles. The number of hydrogen-bond donors (Lipinski definition) is 3. The summed E-state index contributed by atoms with van der Waals surface area (Å²) < 4.78 is 60.8. The largest absolute Gasteiger partial charge is 0.394 e. The Morgan fingerprint density at radius 1 is 1.00 bits per heavy atom. The van der Waals surface area contributed by atoms with Gasteiger partial charge in [-0.1, -0.05) is 6.07 Å². The number of hydrogen-bond acceptors (Lipinski definition) is 5. The van der Waals surface area contributed by atoms with Gasteiger partial charge in [0.2, 0.25) is 0 Å². The number of nitrogens with zero attached hydrogens (tertiary/aromatic N) is 1. The van der Waals surface area contributed by atoms with Gasteiger partial charge in [0.15, 0.2) is 0 Å². The molecule has 0 aliphatic carbocycles. The van der Waals surface area contributed by atoms with Crippen molar-refractivity contribution in [1.29, 1.82) is 0 Å². The zero-order valence-electron chi connectivity index (χ0n) is 9.88. The van der Waals surface area contributed by atoms with Crippen LogP contribution in [-0.4, -0.2) is 41.2 Å². The van der Waals surface area contributed by atoms with Crippen LogP contribution in [0.5, 0.6) is 0 Å². The Labute approximate surface area is 111 Å². The SMILES string of the molecule is O=S(=O)(O)CCCCc1ccccn1.O=S(=O)(O)O. The minimum atomic E-state index is -4.67. The van der Waals surface area contributed by atoms with Crippen LogP contribution >= 0.6 is 0 Å². The van der Waals surface area contributed by atoms with E-state index in [-0.39, 0.29) is 5.75 Å². The molecule has 0 aliphatic heterocycles. The second-order valence-electron chi connectivity index (χ2n) is 3.51.